The average molecular weight is 411 g/mol. The van der Waals surface area contributed by atoms with Gasteiger partial charge >= 0.3 is 0 Å². The van der Waals surface area contributed by atoms with Crippen LogP contribution >= 0.6 is 11.6 Å². The maximum absolute atomic E-state index is 13.0. The molecule has 1 atom stereocenters. The summed E-state index contributed by atoms with van der Waals surface area (Å²) in [4.78, 5) is 28.9. The summed E-state index contributed by atoms with van der Waals surface area (Å²) in [6, 6.07) is 14.9. The Kier molecular flexibility index (Phi) is 5.26. The molecule has 0 spiro atoms. The summed E-state index contributed by atoms with van der Waals surface area (Å²) >= 11 is 6.16. The molecule has 1 aromatic heterocycles. The Labute approximate surface area is 172 Å². The molecule has 148 valence electrons. The smallest absolute Gasteiger partial charge is 0.247 e. The van der Waals surface area contributed by atoms with E-state index in [0.717, 1.165) is 5.56 Å². The molecule has 9 heteroatoms. The highest BCUT2D eigenvalue weighted by Gasteiger charge is 2.34. The number of benzene rings is 2. The van der Waals surface area contributed by atoms with E-state index in [1.54, 1.807) is 23.1 Å². The SMILES string of the molecule is CC(Cc1ccccc1)N1CC(=O)N(c2cc(Cl)ccc2-n2cnnn2)CC1=O. The molecule has 2 heterocycles. The molecule has 1 unspecified atom stereocenters. The fourth-order valence-corrected chi connectivity index (χ4v) is 3.66. The van der Waals surface area contributed by atoms with Crippen LogP contribution < -0.4 is 4.90 Å². The van der Waals surface area contributed by atoms with E-state index < -0.39 is 0 Å². The molecule has 8 nitrogen and oxygen atoms in total. The lowest BCUT2D eigenvalue weighted by molar-refractivity contribution is -0.140. The maximum Gasteiger partial charge on any atom is 0.247 e. The molecule has 0 bridgehead atoms. The highest BCUT2D eigenvalue weighted by molar-refractivity contribution is 6.31. The van der Waals surface area contributed by atoms with Crippen molar-refractivity contribution in [2.45, 2.75) is 19.4 Å². The number of rotatable bonds is 5. The number of tetrazole rings is 1. The fraction of sp³-hybridized carbons (Fsp3) is 0.250. The minimum atomic E-state index is -0.180. The Morgan fingerprint density at radius 1 is 1.03 bits per heavy atom. The summed E-state index contributed by atoms with van der Waals surface area (Å²) in [5.41, 5.74) is 2.20. The van der Waals surface area contributed by atoms with E-state index in [4.69, 9.17) is 11.6 Å². The molecule has 0 saturated carbocycles. The van der Waals surface area contributed by atoms with E-state index in [9.17, 15) is 9.59 Å². The van der Waals surface area contributed by atoms with E-state index >= 15 is 0 Å². The third-order valence-electron chi connectivity index (χ3n) is 4.95. The number of amides is 2. The number of carbonyl (C=O) groups excluding carboxylic acids is 2. The number of halogens is 1. The molecule has 0 aliphatic carbocycles. The molecule has 2 aromatic carbocycles. The molecule has 2 amide bonds. The monoisotopic (exact) mass is 410 g/mol. The second kappa shape index (κ2) is 8.00. The van der Waals surface area contributed by atoms with Crippen molar-refractivity contribution in [1.29, 1.82) is 0 Å². The second-order valence-corrected chi connectivity index (χ2v) is 7.36. The van der Waals surface area contributed by atoms with Crippen LogP contribution in [0.2, 0.25) is 5.02 Å². The van der Waals surface area contributed by atoms with Crippen LogP contribution in [0, 0.1) is 0 Å². The summed E-state index contributed by atoms with van der Waals surface area (Å²) in [6.07, 6.45) is 2.12. The molecule has 1 aliphatic heterocycles. The first-order chi connectivity index (χ1) is 14.0. The molecule has 1 saturated heterocycles. The van der Waals surface area contributed by atoms with Crippen LogP contribution in [0.1, 0.15) is 12.5 Å². The first-order valence-electron chi connectivity index (χ1n) is 9.19. The van der Waals surface area contributed by atoms with E-state index in [1.165, 1.54) is 15.9 Å². The van der Waals surface area contributed by atoms with Crippen molar-refractivity contribution >= 4 is 29.1 Å². The highest BCUT2D eigenvalue weighted by Crippen LogP contribution is 2.29. The predicted molar refractivity (Wildman–Crippen MR) is 108 cm³/mol. The van der Waals surface area contributed by atoms with Gasteiger partial charge in [-0.3, -0.25) is 14.5 Å². The highest BCUT2D eigenvalue weighted by atomic mass is 35.5. The number of nitrogens with zero attached hydrogens (tertiary/aromatic N) is 6. The van der Waals surface area contributed by atoms with Gasteiger partial charge in [0.25, 0.3) is 0 Å². The zero-order chi connectivity index (χ0) is 20.4. The fourth-order valence-electron chi connectivity index (χ4n) is 3.50. The van der Waals surface area contributed by atoms with Gasteiger partial charge in [0.2, 0.25) is 11.8 Å². The molecule has 1 aliphatic rings. The van der Waals surface area contributed by atoms with Gasteiger partial charge in [-0.1, -0.05) is 41.9 Å². The lowest BCUT2D eigenvalue weighted by Crippen LogP contribution is -2.57. The number of piperazine rings is 1. The quantitative estimate of drug-likeness (QED) is 0.643. The number of hydrogen-bond acceptors (Lipinski definition) is 5. The zero-order valence-electron chi connectivity index (χ0n) is 15.8. The predicted octanol–water partition coefficient (Wildman–Crippen LogP) is 2.12. The first-order valence-corrected chi connectivity index (χ1v) is 9.57. The van der Waals surface area contributed by atoms with Gasteiger partial charge in [0.05, 0.1) is 11.4 Å². The van der Waals surface area contributed by atoms with Gasteiger partial charge in [-0.15, -0.1) is 5.10 Å². The lowest BCUT2D eigenvalue weighted by Gasteiger charge is -2.37. The van der Waals surface area contributed by atoms with E-state index in [-0.39, 0.29) is 30.9 Å². The summed E-state index contributed by atoms with van der Waals surface area (Å²) in [7, 11) is 0. The third-order valence-corrected chi connectivity index (χ3v) is 5.19. The van der Waals surface area contributed by atoms with Crippen LogP contribution in [0.3, 0.4) is 0 Å². The van der Waals surface area contributed by atoms with Gasteiger partial charge in [-0.2, -0.15) is 4.68 Å². The van der Waals surface area contributed by atoms with Crippen molar-refractivity contribution in [3.8, 4) is 5.69 Å². The van der Waals surface area contributed by atoms with Crippen LogP contribution in [0.4, 0.5) is 5.69 Å². The van der Waals surface area contributed by atoms with Crippen LogP contribution in [0.5, 0.6) is 0 Å². The zero-order valence-corrected chi connectivity index (χ0v) is 16.5. The Bertz CT molecular complexity index is 1020. The minimum Gasteiger partial charge on any atom is -0.329 e. The Morgan fingerprint density at radius 2 is 1.83 bits per heavy atom. The second-order valence-electron chi connectivity index (χ2n) is 6.93. The standard InChI is InChI=1S/C20H19ClN6O2/c1-14(9-15-5-3-2-4-6-15)25-11-20(29)26(12-19(25)28)18-10-16(21)7-8-17(18)27-13-22-23-24-27/h2-8,10,13-14H,9,11-12H2,1H3. The van der Waals surface area contributed by atoms with Crippen LogP contribution in [-0.4, -0.2) is 56.1 Å². The summed E-state index contributed by atoms with van der Waals surface area (Å²) in [6.45, 7) is 1.90. The van der Waals surface area contributed by atoms with Gasteiger partial charge in [0.1, 0.15) is 19.4 Å². The summed E-state index contributed by atoms with van der Waals surface area (Å²) in [5.74, 6) is -0.295. The molecular weight excluding hydrogens is 392 g/mol. The van der Waals surface area contributed by atoms with Crippen molar-refractivity contribution in [3.05, 3.63) is 65.4 Å². The van der Waals surface area contributed by atoms with Crippen molar-refractivity contribution in [1.82, 2.24) is 25.1 Å². The Hall–Kier alpha value is -3.26. The molecule has 1 fully saturated rings. The van der Waals surface area contributed by atoms with E-state index in [0.29, 0.717) is 22.8 Å². The van der Waals surface area contributed by atoms with Crippen molar-refractivity contribution in [2.75, 3.05) is 18.0 Å². The number of carbonyl (C=O) groups is 2. The largest absolute Gasteiger partial charge is 0.329 e. The molecule has 29 heavy (non-hydrogen) atoms. The van der Waals surface area contributed by atoms with E-state index in [1.807, 2.05) is 37.3 Å². The normalized spacial score (nSPS) is 15.7. The molecule has 4 rings (SSSR count). The van der Waals surface area contributed by atoms with E-state index in [2.05, 4.69) is 15.5 Å². The summed E-state index contributed by atoms with van der Waals surface area (Å²) in [5, 5.41) is 11.6. The number of anilines is 1. The van der Waals surface area contributed by atoms with Crippen LogP contribution in [0.15, 0.2) is 54.9 Å². The van der Waals surface area contributed by atoms with Gasteiger partial charge in [0.15, 0.2) is 0 Å². The first kappa shape index (κ1) is 19.1. The Balaban J connectivity index is 1.57. The van der Waals surface area contributed by atoms with Gasteiger partial charge in [0, 0.05) is 11.1 Å². The Morgan fingerprint density at radius 3 is 2.55 bits per heavy atom. The van der Waals surface area contributed by atoms with Crippen molar-refractivity contribution in [2.24, 2.45) is 0 Å². The molecule has 0 N–H and O–H groups in total. The number of aromatic nitrogens is 4. The topological polar surface area (TPSA) is 84.2 Å². The van der Waals surface area contributed by atoms with Gasteiger partial charge in [-0.05, 0) is 47.5 Å². The maximum atomic E-state index is 13.0. The average Bonchev–Trinajstić information content (AvgIpc) is 3.24. The third kappa shape index (κ3) is 3.97. The summed E-state index contributed by atoms with van der Waals surface area (Å²) < 4.78 is 1.44. The van der Waals surface area contributed by atoms with Crippen molar-refractivity contribution < 1.29 is 9.59 Å². The number of hydrogen-bond donors (Lipinski definition) is 0. The lowest BCUT2D eigenvalue weighted by atomic mass is 10.0. The van der Waals surface area contributed by atoms with Crippen LogP contribution in [0.25, 0.3) is 5.69 Å². The molecule has 0 radical (unpaired) electrons. The molecule has 3 aromatic rings. The van der Waals surface area contributed by atoms with Gasteiger partial charge in [-0.25, -0.2) is 0 Å². The van der Waals surface area contributed by atoms with Crippen LogP contribution in [-0.2, 0) is 16.0 Å². The van der Waals surface area contributed by atoms with Crippen molar-refractivity contribution in [3.63, 3.8) is 0 Å². The van der Waals surface area contributed by atoms with Gasteiger partial charge < -0.3 is 4.90 Å². The minimum absolute atomic E-state index is 0.00833. The molecular formula is C20H19ClN6O2.